The molecule has 0 aliphatic carbocycles. The molecule has 2 N–H and O–H groups in total. The lowest BCUT2D eigenvalue weighted by Gasteiger charge is -2.22. The van der Waals surface area contributed by atoms with Gasteiger partial charge in [-0.15, -0.1) is 0 Å². The number of amides is 2. The van der Waals surface area contributed by atoms with Crippen molar-refractivity contribution in [3.63, 3.8) is 0 Å². The largest absolute Gasteiger partial charge is 0.462 e. The molecule has 0 aromatic heterocycles. The molecule has 4 unspecified atom stereocenters. The Kier molecular flexibility index (Phi) is 16.5. The molecule has 0 heterocycles. The smallest absolute Gasteiger partial charge is 0.347 e. The van der Waals surface area contributed by atoms with Crippen molar-refractivity contribution in [3.8, 4) is 0 Å². The van der Waals surface area contributed by atoms with E-state index in [-0.39, 0.29) is 25.5 Å². The topological polar surface area (TPSA) is 173 Å². The second-order valence-electron chi connectivity index (χ2n) is 9.73. The molecule has 13 nitrogen and oxygen atoms in total. The van der Waals surface area contributed by atoms with Crippen LogP contribution in [0.1, 0.15) is 64.2 Å². The predicted molar refractivity (Wildman–Crippen MR) is 149 cm³/mol. The van der Waals surface area contributed by atoms with Crippen LogP contribution in [-0.4, -0.2) is 86.9 Å². The summed E-state index contributed by atoms with van der Waals surface area (Å²) in [6.45, 7) is 7.54. The van der Waals surface area contributed by atoms with E-state index in [1.807, 2.05) is 6.07 Å². The molecule has 234 valence electrons. The molecule has 0 spiro atoms. The van der Waals surface area contributed by atoms with Gasteiger partial charge < -0.3 is 34.3 Å². The quantitative estimate of drug-likeness (QED) is 0.144. The van der Waals surface area contributed by atoms with Gasteiger partial charge in [0, 0.05) is 19.2 Å². The van der Waals surface area contributed by atoms with Crippen LogP contribution in [0.4, 0.5) is 0 Å². The SMILES string of the molecule is COCCOC(=O)C(CCCCNC(=O)c1ccccc1)NC(=O)C(C)OC(=O)C(C)OC(=O)C(C)OC(=O)C(C)C. The van der Waals surface area contributed by atoms with Crippen LogP contribution in [0, 0.1) is 5.92 Å². The van der Waals surface area contributed by atoms with Gasteiger partial charge in [0.05, 0.1) is 12.5 Å². The van der Waals surface area contributed by atoms with E-state index < -0.39 is 60.1 Å². The monoisotopic (exact) mass is 594 g/mol. The molecule has 2 amide bonds. The van der Waals surface area contributed by atoms with Crippen molar-refractivity contribution in [1.29, 1.82) is 0 Å². The number of hydrogen-bond acceptors (Lipinski definition) is 11. The maximum atomic E-state index is 12.8. The highest BCUT2D eigenvalue weighted by molar-refractivity contribution is 5.94. The Hall–Kier alpha value is -4.00. The first-order valence-electron chi connectivity index (χ1n) is 13.8. The summed E-state index contributed by atoms with van der Waals surface area (Å²) in [5.41, 5.74) is 0.529. The summed E-state index contributed by atoms with van der Waals surface area (Å²) < 4.78 is 25.1. The molecule has 13 heteroatoms. The summed E-state index contributed by atoms with van der Waals surface area (Å²) in [7, 11) is 1.45. The zero-order valence-electron chi connectivity index (χ0n) is 25.0. The fourth-order valence-electron chi connectivity index (χ4n) is 3.23. The van der Waals surface area contributed by atoms with Crippen molar-refractivity contribution >= 4 is 35.7 Å². The Morgan fingerprint density at radius 3 is 1.86 bits per heavy atom. The van der Waals surface area contributed by atoms with Gasteiger partial charge in [-0.2, -0.15) is 0 Å². The number of rotatable bonds is 18. The van der Waals surface area contributed by atoms with Crippen molar-refractivity contribution < 1.29 is 52.5 Å². The molecule has 0 radical (unpaired) electrons. The number of unbranched alkanes of at least 4 members (excludes halogenated alkanes) is 1. The molecule has 1 aromatic rings. The molecule has 0 saturated carbocycles. The van der Waals surface area contributed by atoms with Crippen molar-refractivity contribution in [2.45, 2.75) is 78.2 Å². The molecule has 1 rings (SSSR count). The summed E-state index contributed by atoms with van der Waals surface area (Å²) in [4.78, 5) is 73.8. The molecular weight excluding hydrogens is 552 g/mol. The van der Waals surface area contributed by atoms with Gasteiger partial charge in [-0.3, -0.25) is 14.4 Å². The molecule has 0 saturated heterocycles. The van der Waals surface area contributed by atoms with Crippen LogP contribution in [0.3, 0.4) is 0 Å². The van der Waals surface area contributed by atoms with Crippen molar-refractivity contribution in [2.24, 2.45) is 5.92 Å². The van der Waals surface area contributed by atoms with Gasteiger partial charge in [-0.25, -0.2) is 14.4 Å². The molecule has 42 heavy (non-hydrogen) atoms. The molecule has 4 atom stereocenters. The Balaban J connectivity index is 2.62. The van der Waals surface area contributed by atoms with E-state index in [2.05, 4.69) is 10.6 Å². The molecule has 0 aliphatic rings. The van der Waals surface area contributed by atoms with E-state index in [0.29, 0.717) is 24.9 Å². The minimum absolute atomic E-state index is 0.0207. The second kappa shape index (κ2) is 19.2. The lowest BCUT2D eigenvalue weighted by atomic mass is 10.1. The van der Waals surface area contributed by atoms with E-state index in [1.54, 1.807) is 38.1 Å². The number of nitrogens with one attached hydrogen (secondary N) is 2. The standard InChI is InChI=1S/C29H42N2O11/c1-18(2)26(34)41-20(4)28(36)42-21(5)27(35)40-19(3)24(32)31-23(29(37)39-17-16-38-6)14-10-11-15-30-25(33)22-12-8-7-9-13-22/h7-9,12-13,18-21,23H,10-11,14-17H2,1-6H3,(H,30,33)(H,31,32). The third-order valence-electron chi connectivity index (χ3n) is 5.76. The number of carbonyl (C=O) groups is 6. The average Bonchev–Trinajstić information content (AvgIpc) is 2.96. The number of benzene rings is 1. The third-order valence-corrected chi connectivity index (χ3v) is 5.76. The molecule has 0 fully saturated rings. The van der Waals surface area contributed by atoms with E-state index in [0.717, 1.165) is 0 Å². The number of carbonyl (C=O) groups excluding carboxylic acids is 6. The van der Waals surface area contributed by atoms with Crippen molar-refractivity contribution in [1.82, 2.24) is 10.6 Å². The summed E-state index contributed by atoms with van der Waals surface area (Å²) in [5.74, 6) is -4.71. The van der Waals surface area contributed by atoms with Crippen LogP contribution in [0.15, 0.2) is 30.3 Å². The molecule has 0 aliphatic heterocycles. The fraction of sp³-hybridized carbons (Fsp3) is 0.586. The zero-order chi connectivity index (χ0) is 31.7. The highest BCUT2D eigenvalue weighted by Crippen LogP contribution is 2.08. The number of ether oxygens (including phenoxy) is 5. The minimum atomic E-state index is -1.39. The van der Waals surface area contributed by atoms with Crippen LogP contribution >= 0.6 is 0 Å². The maximum Gasteiger partial charge on any atom is 0.347 e. The fourth-order valence-corrected chi connectivity index (χ4v) is 3.23. The molecular formula is C29H42N2O11. The van der Waals surface area contributed by atoms with E-state index >= 15 is 0 Å². The van der Waals surface area contributed by atoms with Gasteiger partial charge in [-0.05, 0) is 52.2 Å². The Morgan fingerprint density at radius 1 is 0.714 bits per heavy atom. The number of hydrogen-bond donors (Lipinski definition) is 2. The average molecular weight is 595 g/mol. The van der Waals surface area contributed by atoms with Gasteiger partial charge in [0.15, 0.2) is 18.3 Å². The Bertz CT molecular complexity index is 1050. The highest BCUT2D eigenvalue weighted by Gasteiger charge is 2.30. The third kappa shape index (κ3) is 13.6. The second-order valence-corrected chi connectivity index (χ2v) is 9.73. The first-order chi connectivity index (χ1) is 19.9. The first kappa shape index (κ1) is 36.0. The normalized spacial score (nSPS) is 13.6. The Labute approximate surface area is 245 Å². The van der Waals surface area contributed by atoms with E-state index in [4.69, 9.17) is 23.7 Å². The predicted octanol–water partition coefficient (Wildman–Crippen LogP) is 1.71. The van der Waals surface area contributed by atoms with Crippen LogP contribution in [0.5, 0.6) is 0 Å². The lowest BCUT2D eigenvalue weighted by Crippen LogP contribution is -2.47. The van der Waals surface area contributed by atoms with Gasteiger partial charge in [0.1, 0.15) is 12.6 Å². The zero-order valence-corrected chi connectivity index (χ0v) is 25.0. The van der Waals surface area contributed by atoms with Crippen LogP contribution in [0.25, 0.3) is 0 Å². The lowest BCUT2D eigenvalue weighted by molar-refractivity contribution is -0.180. The summed E-state index contributed by atoms with van der Waals surface area (Å²) >= 11 is 0. The number of methoxy groups -OCH3 is 1. The van der Waals surface area contributed by atoms with E-state index in [1.165, 1.54) is 27.9 Å². The van der Waals surface area contributed by atoms with Crippen LogP contribution in [-0.2, 0) is 47.7 Å². The Morgan fingerprint density at radius 2 is 1.29 bits per heavy atom. The van der Waals surface area contributed by atoms with Gasteiger partial charge in [0.2, 0.25) is 0 Å². The summed E-state index contributed by atoms with van der Waals surface area (Å²) in [5, 5.41) is 5.31. The summed E-state index contributed by atoms with van der Waals surface area (Å²) in [6, 6.07) is 7.67. The van der Waals surface area contributed by atoms with Crippen molar-refractivity contribution in [2.75, 3.05) is 26.9 Å². The van der Waals surface area contributed by atoms with Crippen molar-refractivity contribution in [3.05, 3.63) is 35.9 Å². The maximum absolute atomic E-state index is 12.8. The van der Waals surface area contributed by atoms with E-state index in [9.17, 15) is 28.8 Å². The van der Waals surface area contributed by atoms with Gasteiger partial charge in [-0.1, -0.05) is 32.0 Å². The number of esters is 4. The van der Waals surface area contributed by atoms with Crippen LogP contribution < -0.4 is 10.6 Å². The molecule has 0 bridgehead atoms. The first-order valence-corrected chi connectivity index (χ1v) is 13.8. The summed E-state index contributed by atoms with van der Waals surface area (Å²) in [6.07, 6.45) is -2.80. The minimum Gasteiger partial charge on any atom is -0.462 e. The molecule has 1 aromatic carbocycles. The van der Waals surface area contributed by atoms with Gasteiger partial charge >= 0.3 is 23.9 Å². The van der Waals surface area contributed by atoms with Crippen LogP contribution in [0.2, 0.25) is 0 Å². The highest BCUT2D eigenvalue weighted by atomic mass is 16.6. The van der Waals surface area contributed by atoms with Gasteiger partial charge in [0.25, 0.3) is 11.8 Å².